The van der Waals surface area contributed by atoms with Gasteiger partial charge in [0.2, 0.25) is 0 Å². The fraction of sp³-hybridized carbons (Fsp3) is 0.267. The minimum absolute atomic E-state index is 0.267. The van der Waals surface area contributed by atoms with E-state index in [-0.39, 0.29) is 10.9 Å². The number of halogens is 2. The van der Waals surface area contributed by atoms with Crippen LogP contribution in [0.15, 0.2) is 18.2 Å². The molecule has 1 aliphatic rings. The molecule has 0 unspecified atom stereocenters. The van der Waals surface area contributed by atoms with Gasteiger partial charge in [-0.2, -0.15) is 10.4 Å². The van der Waals surface area contributed by atoms with Gasteiger partial charge in [-0.3, -0.25) is 9.89 Å². The fourth-order valence-corrected chi connectivity index (χ4v) is 3.05. The Labute approximate surface area is 137 Å². The number of aromatic amines is 1. The number of hydrogen-bond acceptors (Lipinski definition) is 3. The first-order valence-electron chi connectivity index (χ1n) is 6.82. The molecule has 2 aromatic rings. The number of nitrogens with zero attached hydrogens (tertiary/aromatic N) is 2. The van der Waals surface area contributed by atoms with E-state index in [1.807, 2.05) is 6.07 Å². The Morgan fingerprint density at radius 3 is 3.00 bits per heavy atom. The third kappa shape index (κ3) is 2.56. The number of rotatable bonds is 3. The number of hydrogen-bond donors (Lipinski definition) is 2. The van der Waals surface area contributed by atoms with Gasteiger partial charge in [0.15, 0.2) is 5.69 Å². The van der Waals surface area contributed by atoms with Crippen LogP contribution in [-0.2, 0) is 12.8 Å². The number of aryl methyl sites for hydroxylation is 1. The number of benzene rings is 1. The molecule has 1 aliphatic carbocycles. The van der Waals surface area contributed by atoms with Gasteiger partial charge in [0, 0.05) is 16.8 Å². The smallest absolute Gasteiger partial charge is 0.273 e. The van der Waals surface area contributed by atoms with Crippen molar-refractivity contribution in [2.45, 2.75) is 25.3 Å². The molecule has 7 heteroatoms. The molecule has 112 valence electrons. The average Bonchev–Trinajstić information content (AvgIpc) is 3.10. The van der Waals surface area contributed by atoms with Crippen molar-refractivity contribution in [3.63, 3.8) is 0 Å². The van der Waals surface area contributed by atoms with Crippen molar-refractivity contribution in [1.29, 1.82) is 5.26 Å². The van der Waals surface area contributed by atoms with E-state index in [4.69, 9.17) is 23.2 Å². The first-order valence-corrected chi connectivity index (χ1v) is 7.58. The number of aromatic nitrogens is 2. The van der Waals surface area contributed by atoms with Gasteiger partial charge in [-0.15, -0.1) is 0 Å². The van der Waals surface area contributed by atoms with Crippen LogP contribution in [0, 0.1) is 11.3 Å². The van der Waals surface area contributed by atoms with E-state index in [1.165, 1.54) is 0 Å². The van der Waals surface area contributed by atoms with Crippen LogP contribution in [0.3, 0.4) is 0 Å². The number of carbonyl (C=O) groups excluding carboxylic acids is 1. The molecular formula is C15H12Cl2N4O. The normalized spacial score (nSPS) is 14.2. The molecule has 3 rings (SSSR count). The Morgan fingerprint density at radius 2 is 2.23 bits per heavy atom. The van der Waals surface area contributed by atoms with Crippen molar-refractivity contribution >= 4 is 29.1 Å². The molecule has 0 aliphatic heterocycles. The van der Waals surface area contributed by atoms with Gasteiger partial charge in [-0.05, 0) is 25.3 Å². The molecule has 0 saturated carbocycles. The number of nitriles is 1. The lowest BCUT2D eigenvalue weighted by atomic mass is 10.1. The van der Waals surface area contributed by atoms with Crippen molar-refractivity contribution < 1.29 is 4.79 Å². The zero-order chi connectivity index (χ0) is 15.7. The summed E-state index contributed by atoms with van der Waals surface area (Å²) in [6.07, 6.45) is 2.73. The summed E-state index contributed by atoms with van der Waals surface area (Å²) in [6.45, 7) is 0. The van der Waals surface area contributed by atoms with Gasteiger partial charge in [-0.1, -0.05) is 35.3 Å². The Morgan fingerprint density at radius 1 is 1.41 bits per heavy atom. The SMILES string of the molecule is N#C[C@@H](NC(=O)c1n[nH]c2c1CCC2)c1cccc(Cl)c1Cl. The highest BCUT2D eigenvalue weighted by Crippen LogP contribution is 2.30. The van der Waals surface area contributed by atoms with E-state index in [9.17, 15) is 10.1 Å². The van der Waals surface area contributed by atoms with E-state index >= 15 is 0 Å². The summed E-state index contributed by atoms with van der Waals surface area (Å²) in [4.78, 5) is 12.4. The van der Waals surface area contributed by atoms with Gasteiger partial charge in [0.05, 0.1) is 16.1 Å². The molecule has 0 radical (unpaired) electrons. The maximum Gasteiger partial charge on any atom is 0.273 e. The van der Waals surface area contributed by atoms with E-state index in [0.29, 0.717) is 16.3 Å². The molecule has 1 heterocycles. The lowest BCUT2D eigenvalue weighted by molar-refractivity contribution is 0.0939. The molecular weight excluding hydrogens is 323 g/mol. The average molecular weight is 335 g/mol. The van der Waals surface area contributed by atoms with Crippen molar-refractivity contribution in [3.8, 4) is 6.07 Å². The standard InChI is InChI=1S/C15H12Cl2N4O/c16-10-5-1-3-8(13(10)17)12(7-18)19-15(22)14-9-4-2-6-11(9)20-21-14/h1,3,5,12H,2,4,6H2,(H,19,22)(H,20,21)/t12-/m1/s1. The number of nitrogens with one attached hydrogen (secondary N) is 2. The summed E-state index contributed by atoms with van der Waals surface area (Å²) in [6, 6.07) is 6.13. The summed E-state index contributed by atoms with van der Waals surface area (Å²) in [7, 11) is 0. The zero-order valence-electron chi connectivity index (χ0n) is 11.5. The van der Waals surface area contributed by atoms with E-state index in [2.05, 4.69) is 15.5 Å². The first kappa shape index (κ1) is 14.9. The highest BCUT2D eigenvalue weighted by Gasteiger charge is 2.25. The summed E-state index contributed by atoms with van der Waals surface area (Å²) >= 11 is 12.1. The number of amides is 1. The maximum absolute atomic E-state index is 12.4. The van der Waals surface area contributed by atoms with E-state index in [0.717, 1.165) is 30.5 Å². The predicted molar refractivity (Wildman–Crippen MR) is 82.9 cm³/mol. The van der Waals surface area contributed by atoms with E-state index < -0.39 is 6.04 Å². The Bertz CT molecular complexity index is 778. The van der Waals surface area contributed by atoms with Crippen LogP contribution in [0.2, 0.25) is 10.0 Å². The summed E-state index contributed by atoms with van der Waals surface area (Å²) in [5, 5.41) is 19.5. The second kappa shape index (κ2) is 5.99. The zero-order valence-corrected chi connectivity index (χ0v) is 13.0. The molecule has 1 aromatic carbocycles. The van der Waals surface area contributed by atoms with Gasteiger partial charge in [0.1, 0.15) is 6.04 Å². The van der Waals surface area contributed by atoms with Gasteiger partial charge < -0.3 is 5.32 Å². The fourth-order valence-electron chi connectivity index (χ4n) is 2.63. The monoisotopic (exact) mass is 334 g/mol. The van der Waals surface area contributed by atoms with Crippen LogP contribution in [-0.4, -0.2) is 16.1 Å². The third-order valence-corrected chi connectivity index (χ3v) is 4.55. The number of carbonyl (C=O) groups is 1. The molecule has 0 saturated heterocycles. The molecule has 0 spiro atoms. The summed E-state index contributed by atoms with van der Waals surface area (Å²) in [5.74, 6) is -0.387. The lowest BCUT2D eigenvalue weighted by Crippen LogP contribution is -2.28. The Balaban J connectivity index is 1.85. The Kier molecular flexibility index (Phi) is 4.06. The second-order valence-corrected chi connectivity index (χ2v) is 5.85. The van der Waals surface area contributed by atoms with Crippen LogP contribution >= 0.6 is 23.2 Å². The van der Waals surface area contributed by atoms with Crippen molar-refractivity contribution in [1.82, 2.24) is 15.5 Å². The molecule has 0 bridgehead atoms. The summed E-state index contributed by atoms with van der Waals surface area (Å²) in [5.41, 5.74) is 2.76. The predicted octanol–water partition coefficient (Wildman–Crippen LogP) is 3.20. The highest BCUT2D eigenvalue weighted by molar-refractivity contribution is 6.42. The molecule has 1 amide bonds. The van der Waals surface area contributed by atoms with Gasteiger partial charge in [-0.25, -0.2) is 0 Å². The minimum Gasteiger partial charge on any atom is -0.331 e. The van der Waals surface area contributed by atoms with Gasteiger partial charge in [0.25, 0.3) is 5.91 Å². The first-order chi connectivity index (χ1) is 10.6. The minimum atomic E-state index is -0.882. The quantitative estimate of drug-likeness (QED) is 0.904. The van der Waals surface area contributed by atoms with Crippen molar-refractivity contribution in [2.75, 3.05) is 0 Å². The van der Waals surface area contributed by atoms with Crippen LogP contribution in [0.5, 0.6) is 0 Å². The number of H-pyrrole nitrogens is 1. The molecule has 22 heavy (non-hydrogen) atoms. The van der Waals surface area contributed by atoms with Crippen molar-refractivity contribution in [3.05, 3.63) is 50.8 Å². The lowest BCUT2D eigenvalue weighted by Gasteiger charge is -2.13. The van der Waals surface area contributed by atoms with Crippen molar-refractivity contribution in [2.24, 2.45) is 0 Å². The largest absolute Gasteiger partial charge is 0.331 e. The Hall–Kier alpha value is -2.03. The molecule has 5 nitrogen and oxygen atoms in total. The van der Waals surface area contributed by atoms with Crippen LogP contribution in [0.1, 0.15) is 39.8 Å². The molecule has 0 fully saturated rings. The third-order valence-electron chi connectivity index (χ3n) is 3.72. The van der Waals surface area contributed by atoms with Crippen LogP contribution in [0.4, 0.5) is 0 Å². The van der Waals surface area contributed by atoms with E-state index in [1.54, 1.807) is 18.2 Å². The topological polar surface area (TPSA) is 81.6 Å². The maximum atomic E-state index is 12.4. The molecule has 1 aromatic heterocycles. The van der Waals surface area contributed by atoms with Crippen LogP contribution < -0.4 is 5.32 Å². The summed E-state index contributed by atoms with van der Waals surface area (Å²) < 4.78 is 0. The molecule has 2 N–H and O–H groups in total. The molecule has 1 atom stereocenters. The second-order valence-electron chi connectivity index (χ2n) is 5.06. The highest BCUT2D eigenvalue weighted by atomic mass is 35.5. The van der Waals surface area contributed by atoms with Gasteiger partial charge >= 0.3 is 0 Å². The number of fused-ring (bicyclic) bond motifs is 1. The van der Waals surface area contributed by atoms with Crippen LogP contribution in [0.25, 0.3) is 0 Å².